The Kier molecular flexibility index (Phi) is 9.01. The van der Waals surface area contributed by atoms with Gasteiger partial charge in [0.1, 0.15) is 11.8 Å². The number of carbonyl (C=O) groups is 2. The van der Waals surface area contributed by atoms with Crippen molar-refractivity contribution in [2.24, 2.45) is 0 Å². The Morgan fingerprint density at radius 3 is 2.05 bits per heavy atom. The van der Waals surface area contributed by atoms with Crippen LogP contribution in [0, 0.1) is 20.7 Å². The van der Waals surface area contributed by atoms with Crippen LogP contribution in [0.15, 0.2) is 48.7 Å². The number of aromatic nitrogens is 1. The first kappa shape index (κ1) is 33.5. The van der Waals surface area contributed by atoms with Crippen LogP contribution in [0.2, 0.25) is 0 Å². The predicted molar refractivity (Wildman–Crippen MR) is 135 cm³/mol. The summed E-state index contributed by atoms with van der Waals surface area (Å²) in [6.45, 7) is 0. The van der Waals surface area contributed by atoms with E-state index in [0.29, 0.717) is 4.90 Å². The van der Waals surface area contributed by atoms with Crippen molar-refractivity contribution in [2.75, 3.05) is 17.3 Å². The minimum absolute atomic E-state index is 0.0426. The summed E-state index contributed by atoms with van der Waals surface area (Å²) >= 11 is 0.858. The third-order valence-electron chi connectivity index (χ3n) is 5.83. The van der Waals surface area contributed by atoms with Crippen LogP contribution in [0.4, 0.5) is 59.7 Å². The summed E-state index contributed by atoms with van der Waals surface area (Å²) in [6.07, 6.45) is -18.2. The van der Waals surface area contributed by atoms with Crippen LogP contribution in [-0.2, 0) is 11.8 Å². The summed E-state index contributed by atoms with van der Waals surface area (Å²) in [4.78, 5) is 30.0. The summed E-state index contributed by atoms with van der Waals surface area (Å²) in [6, 6.07) is 5.96. The van der Waals surface area contributed by atoms with Crippen molar-refractivity contribution in [3.8, 4) is 6.07 Å². The average Bonchev–Trinajstić information content (AvgIpc) is 2.90. The van der Waals surface area contributed by atoms with Crippen LogP contribution in [0.3, 0.4) is 0 Å². The largest absolute Gasteiger partial charge is 0.435 e. The Morgan fingerprint density at radius 2 is 1.56 bits per heavy atom. The second-order valence-electron chi connectivity index (χ2n) is 8.53. The van der Waals surface area contributed by atoms with Crippen LogP contribution < -0.4 is 10.2 Å². The number of hydrogen-bond acceptors (Lipinski definition) is 4. The Balaban J connectivity index is 2.06. The molecular formula is C25H12F11IN4O2. The number of hydrogen-bond donors (Lipinski definition) is 1. The fraction of sp³-hybridized carbons (Fsp3) is 0.200. The second kappa shape index (κ2) is 11.6. The standard InChI is InChI=1S/C25H12F11IN4O2/c1-41(21(43)11-5-6-13(9-38)39-10-11)17-4-2-3-14(18(17)26)20(42)40-19-15(23(28,29)30)7-12(8-16(19)37)22(27,24(31,32)33)25(34,35)36/h2-8,10H,1H3,(H,40,42). The van der Waals surface area contributed by atoms with E-state index in [9.17, 15) is 53.5 Å². The first-order chi connectivity index (χ1) is 19.6. The van der Waals surface area contributed by atoms with Crippen molar-refractivity contribution in [3.63, 3.8) is 0 Å². The predicted octanol–water partition coefficient (Wildman–Crippen LogP) is 7.53. The number of nitrogens with zero attached hydrogens (tertiary/aromatic N) is 3. The molecule has 3 aromatic rings. The lowest BCUT2D eigenvalue weighted by Gasteiger charge is -2.31. The van der Waals surface area contributed by atoms with Gasteiger partial charge in [0.25, 0.3) is 11.8 Å². The minimum Gasteiger partial charge on any atom is -0.320 e. The van der Waals surface area contributed by atoms with Gasteiger partial charge in [0.15, 0.2) is 5.82 Å². The highest BCUT2D eigenvalue weighted by atomic mass is 127. The third-order valence-corrected chi connectivity index (χ3v) is 6.68. The summed E-state index contributed by atoms with van der Waals surface area (Å²) in [5.74, 6) is -3.98. The lowest BCUT2D eigenvalue weighted by Crippen LogP contribution is -2.50. The van der Waals surface area contributed by atoms with Gasteiger partial charge in [-0.2, -0.15) is 44.8 Å². The molecule has 0 atom stereocenters. The summed E-state index contributed by atoms with van der Waals surface area (Å²) in [5, 5.41) is 10.4. The van der Waals surface area contributed by atoms with E-state index in [1.54, 1.807) is 11.4 Å². The van der Waals surface area contributed by atoms with E-state index in [1.807, 2.05) is 0 Å². The molecular weight excluding hydrogens is 724 g/mol. The number of halogens is 12. The van der Waals surface area contributed by atoms with Crippen LogP contribution in [0.5, 0.6) is 0 Å². The number of nitriles is 1. The second-order valence-corrected chi connectivity index (χ2v) is 9.70. The summed E-state index contributed by atoms with van der Waals surface area (Å²) in [7, 11) is 1.06. The van der Waals surface area contributed by atoms with E-state index in [-0.39, 0.29) is 17.3 Å². The number of carbonyl (C=O) groups excluding carboxylic acids is 2. The molecule has 0 aliphatic carbocycles. The number of nitrogens with one attached hydrogen (secondary N) is 1. The molecule has 1 aromatic heterocycles. The summed E-state index contributed by atoms with van der Waals surface area (Å²) < 4.78 is 149. The molecule has 0 spiro atoms. The van der Waals surface area contributed by atoms with Gasteiger partial charge in [0.05, 0.1) is 28.1 Å². The number of anilines is 2. The molecule has 2 aromatic carbocycles. The van der Waals surface area contributed by atoms with Gasteiger partial charge in [0.2, 0.25) is 0 Å². The van der Waals surface area contributed by atoms with Crippen LogP contribution >= 0.6 is 22.6 Å². The fourth-order valence-electron chi connectivity index (χ4n) is 3.67. The van der Waals surface area contributed by atoms with Crippen molar-refractivity contribution in [3.05, 3.63) is 86.0 Å². The van der Waals surface area contributed by atoms with Gasteiger partial charge in [-0.3, -0.25) is 9.59 Å². The average molecular weight is 736 g/mol. The van der Waals surface area contributed by atoms with Gasteiger partial charge in [0, 0.05) is 22.4 Å². The van der Waals surface area contributed by atoms with E-state index in [4.69, 9.17) is 5.26 Å². The first-order valence-electron chi connectivity index (χ1n) is 11.1. The number of amides is 2. The molecule has 2 amide bonds. The molecule has 228 valence electrons. The smallest absolute Gasteiger partial charge is 0.320 e. The molecule has 43 heavy (non-hydrogen) atoms. The highest BCUT2D eigenvalue weighted by molar-refractivity contribution is 14.1. The molecule has 1 heterocycles. The SMILES string of the molecule is CN(C(=O)c1ccc(C#N)nc1)c1cccc(C(=O)Nc2c(I)cc(C(F)(C(F)(F)F)C(F)(F)F)cc2C(F)(F)F)c1F. The molecule has 1 N–H and O–H groups in total. The van der Waals surface area contributed by atoms with Crippen molar-refractivity contribution in [2.45, 2.75) is 24.2 Å². The number of rotatable bonds is 5. The molecule has 0 saturated carbocycles. The van der Waals surface area contributed by atoms with Crippen LogP contribution in [0.25, 0.3) is 0 Å². The Morgan fingerprint density at radius 1 is 0.953 bits per heavy atom. The van der Waals surface area contributed by atoms with E-state index in [2.05, 4.69) is 4.98 Å². The Bertz CT molecular complexity index is 1600. The minimum atomic E-state index is -6.72. The molecule has 0 aliphatic heterocycles. The number of pyridine rings is 1. The third kappa shape index (κ3) is 6.35. The summed E-state index contributed by atoms with van der Waals surface area (Å²) in [5.41, 5.74) is -14.0. The van der Waals surface area contributed by atoms with Gasteiger partial charge in [-0.15, -0.1) is 0 Å². The molecule has 18 heteroatoms. The zero-order valence-corrected chi connectivity index (χ0v) is 23.0. The zero-order chi connectivity index (χ0) is 32.7. The maximum absolute atomic E-state index is 15.4. The maximum atomic E-state index is 15.4. The number of alkyl halides is 10. The molecule has 3 rings (SSSR count). The van der Waals surface area contributed by atoms with Crippen molar-refractivity contribution in [1.29, 1.82) is 5.26 Å². The van der Waals surface area contributed by atoms with E-state index in [0.717, 1.165) is 54.0 Å². The highest BCUT2D eigenvalue weighted by Crippen LogP contribution is 2.54. The van der Waals surface area contributed by atoms with Gasteiger partial charge in [-0.25, -0.2) is 13.8 Å². The van der Waals surface area contributed by atoms with Crippen molar-refractivity contribution >= 4 is 45.8 Å². The molecule has 0 saturated heterocycles. The van der Waals surface area contributed by atoms with Crippen molar-refractivity contribution < 1.29 is 57.9 Å². The Hall–Kier alpha value is -4.02. The normalized spacial score (nSPS) is 12.5. The first-order valence-corrected chi connectivity index (χ1v) is 12.2. The molecule has 0 radical (unpaired) electrons. The van der Waals surface area contributed by atoms with Crippen LogP contribution in [-0.4, -0.2) is 36.2 Å². The molecule has 0 fully saturated rings. The van der Waals surface area contributed by atoms with Gasteiger partial charge in [-0.05, 0) is 59.0 Å². The monoisotopic (exact) mass is 736 g/mol. The molecule has 6 nitrogen and oxygen atoms in total. The lowest BCUT2D eigenvalue weighted by atomic mass is 9.92. The Labute approximate surface area is 247 Å². The quantitative estimate of drug-likeness (QED) is 0.217. The lowest BCUT2D eigenvalue weighted by molar-refractivity contribution is -0.348. The molecule has 0 unspecified atom stereocenters. The zero-order valence-electron chi connectivity index (χ0n) is 20.8. The fourth-order valence-corrected chi connectivity index (χ4v) is 4.43. The van der Waals surface area contributed by atoms with Gasteiger partial charge in [-0.1, -0.05) is 6.07 Å². The van der Waals surface area contributed by atoms with Gasteiger partial charge >= 0.3 is 24.2 Å². The molecule has 0 aliphatic rings. The molecule has 0 bridgehead atoms. The van der Waals surface area contributed by atoms with Crippen molar-refractivity contribution in [1.82, 2.24) is 4.98 Å². The highest BCUT2D eigenvalue weighted by Gasteiger charge is 2.73. The van der Waals surface area contributed by atoms with Crippen LogP contribution in [0.1, 0.15) is 37.5 Å². The topological polar surface area (TPSA) is 86.1 Å². The van der Waals surface area contributed by atoms with E-state index in [1.165, 1.54) is 12.1 Å². The van der Waals surface area contributed by atoms with E-state index >= 15 is 4.39 Å². The van der Waals surface area contributed by atoms with Gasteiger partial charge < -0.3 is 10.2 Å². The maximum Gasteiger partial charge on any atom is 0.435 e. The number of benzene rings is 2. The van der Waals surface area contributed by atoms with E-state index < -0.39 is 79.5 Å².